The molecule has 29 heavy (non-hydrogen) atoms. The highest BCUT2D eigenvalue weighted by Crippen LogP contribution is 2.19. The molecule has 0 saturated heterocycles. The molecule has 0 unspecified atom stereocenters. The Morgan fingerprint density at radius 3 is 2.38 bits per heavy atom. The van der Waals surface area contributed by atoms with E-state index in [1.54, 1.807) is 6.08 Å². The summed E-state index contributed by atoms with van der Waals surface area (Å²) >= 11 is 0. The Bertz CT molecular complexity index is 1120. The summed E-state index contributed by atoms with van der Waals surface area (Å²) in [6.07, 6.45) is 3.99. The van der Waals surface area contributed by atoms with E-state index < -0.39 is 15.8 Å². The molecule has 0 aromatic heterocycles. The molecule has 0 saturated carbocycles. The van der Waals surface area contributed by atoms with Crippen LogP contribution in [0, 0.1) is 0 Å². The van der Waals surface area contributed by atoms with Gasteiger partial charge in [0.15, 0.2) is 9.84 Å². The van der Waals surface area contributed by atoms with Gasteiger partial charge in [-0.25, -0.2) is 13.2 Å². The quantitative estimate of drug-likeness (QED) is 0.331. The number of sulfone groups is 1. The van der Waals surface area contributed by atoms with Crippen LogP contribution < -0.4 is 9.47 Å². The molecule has 3 aromatic rings. The Kier molecular flexibility index (Phi) is 6.46. The minimum Gasteiger partial charge on any atom is -0.489 e. The third-order valence-electron chi connectivity index (χ3n) is 3.97. The highest BCUT2D eigenvalue weighted by atomic mass is 32.2. The lowest BCUT2D eigenvalue weighted by molar-refractivity contribution is -0.128. The van der Waals surface area contributed by atoms with Gasteiger partial charge in [-0.05, 0) is 47.5 Å². The average molecular weight is 408 g/mol. The number of ether oxygens (including phenoxy) is 2. The van der Waals surface area contributed by atoms with Gasteiger partial charge in [0.05, 0.1) is 4.90 Å². The Labute approximate surface area is 170 Å². The zero-order chi connectivity index (χ0) is 20.7. The molecule has 0 bridgehead atoms. The van der Waals surface area contributed by atoms with Crippen LogP contribution in [0.5, 0.6) is 11.5 Å². The molecule has 0 atom stereocenters. The minimum absolute atomic E-state index is 0.0926. The molecule has 0 spiro atoms. The highest BCUT2D eigenvalue weighted by molar-refractivity contribution is 7.90. The van der Waals surface area contributed by atoms with Gasteiger partial charge in [0.1, 0.15) is 18.1 Å². The normalized spacial score (nSPS) is 11.3. The molecular weight excluding hydrogens is 388 g/mol. The maximum Gasteiger partial charge on any atom is 0.336 e. The summed E-state index contributed by atoms with van der Waals surface area (Å²) in [7, 11) is -3.37. The second-order valence-electron chi connectivity index (χ2n) is 6.35. The lowest BCUT2D eigenvalue weighted by Gasteiger charge is -2.07. The molecule has 0 N–H and O–H groups in total. The Balaban J connectivity index is 1.61. The van der Waals surface area contributed by atoms with Crippen LogP contribution in [0.15, 0.2) is 89.8 Å². The molecule has 0 aliphatic rings. The fourth-order valence-corrected chi connectivity index (χ4v) is 3.19. The van der Waals surface area contributed by atoms with Crippen molar-refractivity contribution in [3.63, 3.8) is 0 Å². The predicted octanol–water partition coefficient (Wildman–Crippen LogP) is 4.29. The molecule has 148 valence electrons. The number of hydrogen-bond acceptors (Lipinski definition) is 5. The fourth-order valence-electron chi connectivity index (χ4n) is 2.53. The van der Waals surface area contributed by atoms with Crippen molar-refractivity contribution in [1.29, 1.82) is 0 Å². The van der Waals surface area contributed by atoms with E-state index in [0.29, 0.717) is 12.4 Å². The van der Waals surface area contributed by atoms with E-state index in [4.69, 9.17) is 9.47 Å². The van der Waals surface area contributed by atoms with Crippen molar-refractivity contribution < 1.29 is 22.7 Å². The Hall–Kier alpha value is -3.38. The lowest BCUT2D eigenvalue weighted by atomic mass is 10.2. The molecule has 3 rings (SSSR count). The van der Waals surface area contributed by atoms with Crippen LogP contribution in [-0.2, 0) is 21.2 Å². The Morgan fingerprint density at radius 1 is 0.897 bits per heavy atom. The predicted molar refractivity (Wildman–Crippen MR) is 111 cm³/mol. The van der Waals surface area contributed by atoms with Gasteiger partial charge < -0.3 is 9.47 Å². The first-order valence-corrected chi connectivity index (χ1v) is 10.8. The number of hydrogen-bond donors (Lipinski definition) is 0. The third kappa shape index (κ3) is 6.33. The van der Waals surface area contributed by atoms with Crippen molar-refractivity contribution >= 4 is 21.9 Å². The standard InChI is InChI=1S/C23H20O5S/c1-29(25,26)22-12-6-11-21(16-22)28-23(24)14-13-18-9-5-10-20(15-18)27-17-19-7-3-2-4-8-19/h2-16H,17H2,1H3/b14-13+. The smallest absolute Gasteiger partial charge is 0.336 e. The molecule has 0 aliphatic heterocycles. The first kappa shape index (κ1) is 20.4. The SMILES string of the molecule is CS(=O)(=O)c1cccc(OC(=O)/C=C/c2cccc(OCc3ccccc3)c2)c1. The van der Waals surface area contributed by atoms with E-state index in [1.807, 2.05) is 54.6 Å². The van der Waals surface area contributed by atoms with Crippen LogP contribution in [0.25, 0.3) is 6.08 Å². The molecule has 0 heterocycles. The maximum atomic E-state index is 12.1. The summed E-state index contributed by atoms with van der Waals surface area (Å²) in [4.78, 5) is 12.1. The summed E-state index contributed by atoms with van der Waals surface area (Å²) in [5, 5.41) is 0. The molecule has 0 radical (unpaired) electrons. The summed E-state index contributed by atoms with van der Waals surface area (Å²) < 4.78 is 34.1. The average Bonchev–Trinajstić information content (AvgIpc) is 2.71. The van der Waals surface area contributed by atoms with E-state index in [9.17, 15) is 13.2 Å². The monoisotopic (exact) mass is 408 g/mol. The molecule has 0 fully saturated rings. The molecule has 0 aliphatic carbocycles. The maximum absolute atomic E-state index is 12.1. The van der Waals surface area contributed by atoms with Gasteiger partial charge in [-0.15, -0.1) is 0 Å². The summed E-state index contributed by atoms with van der Waals surface area (Å²) in [6, 6.07) is 23.0. The molecule has 5 nitrogen and oxygen atoms in total. The zero-order valence-electron chi connectivity index (χ0n) is 15.8. The molecule has 3 aromatic carbocycles. The van der Waals surface area contributed by atoms with Gasteiger partial charge in [-0.1, -0.05) is 48.5 Å². The highest BCUT2D eigenvalue weighted by Gasteiger charge is 2.09. The van der Waals surface area contributed by atoms with Gasteiger partial charge in [0, 0.05) is 12.3 Å². The summed E-state index contributed by atoms with van der Waals surface area (Å²) in [5.74, 6) is 0.249. The first-order chi connectivity index (χ1) is 13.9. The van der Waals surface area contributed by atoms with Crippen LogP contribution in [0.2, 0.25) is 0 Å². The van der Waals surface area contributed by atoms with Crippen molar-refractivity contribution in [3.8, 4) is 11.5 Å². The van der Waals surface area contributed by atoms with Crippen molar-refractivity contribution in [2.24, 2.45) is 0 Å². The zero-order valence-corrected chi connectivity index (χ0v) is 16.6. The van der Waals surface area contributed by atoms with E-state index in [2.05, 4.69) is 0 Å². The third-order valence-corrected chi connectivity index (χ3v) is 5.08. The largest absolute Gasteiger partial charge is 0.489 e. The van der Waals surface area contributed by atoms with Gasteiger partial charge >= 0.3 is 5.97 Å². The van der Waals surface area contributed by atoms with Crippen LogP contribution >= 0.6 is 0 Å². The number of rotatable bonds is 7. The number of carbonyl (C=O) groups excluding carboxylic acids is 1. The van der Waals surface area contributed by atoms with Gasteiger partial charge in [-0.2, -0.15) is 0 Å². The van der Waals surface area contributed by atoms with Crippen LogP contribution in [0.3, 0.4) is 0 Å². The van der Waals surface area contributed by atoms with Crippen LogP contribution in [0.4, 0.5) is 0 Å². The summed E-state index contributed by atoms with van der Waals surface area (Å²) in [6.45, 7) is 0.451. The van der Waals surface area contributed by atoms with Crippen molar-refractivity contribution in [1.82, 2.24) is 0 Å². The van der Waals surface area contributed by atoms with Gasteiger partial charge in [0.2, 0.25) is 0 Å². The van der Waals surface area contributed by atoms with Crippen molar-refractivity contribution in [2.45, 2.75) is 11.5 Å². The summed E-state index contributed by atoms with van der Waals surface area (Å²) in [5.41, 5.74) is 1.84. The second kappa shape index (κ2) is 9.21. The van der Waals surface area contributed by atoms with Gasteiger partial charge in [0.25, 0.3) is 0 Å². The number of carbonyl (C=O) groups is 1. The minimum atomic E-state index is -3.37. The molecular formula is C23H20O5S. The van der Waals surface area contributed by atoms with E-state index in [1.165, 1.54) is 30.3 Å². The topological polar surface area (TPSA) is 69.7 Å². The Morgan fingerprint density at radius 2 is 1.62 bits per heavy atom. The van der Waals surface area contributed by atoms with Crippen LogP contribution in [0.1, 0.15) is 11.1 Å². The lowest BCUT2D eigenvalue weighted by Crippen LogP contribution is -2.05. The van der Waals surface area contributed by atoms with Crippen molar-refractivity contribution in [2.75, 3.05) is 6.26 Å². The van der Waals surface area contributed by atoms with E-state index in [0.717, 1.165) is 17.4 Å². The first-order valence-electron chi connectivity index (χ1n) is 8.87. The number of benzene rings is 3. The van der Waals surface area contributed by atoms with Gasteiger partial charge in [-0.3, -0.25) is 0 Å². The van der Waals surface area contributed by atoms with E-state index >= 15 is 0 Å². The van der Waals surface area contributed by atoms with Crippen LogP contribution in [-0.4, -0.2) is 20.6 Å². The van der Waals surface area contributed by atoms with E-state index in [-0.39, 0.29) is 10.6 Å². The second-order valence-corrected chi connectivity index (χ2v) is 8.36. The molecule has 6 heteroatoms. The molecule has 0 amide bonds. The van der Waals surface area contributed by atoms with Crippen molar-refractivity contribution in [3.05, 3.63) is 96.1 Å². The fraction of sp³-hybridized carbons (Fsp3) is 0.0870. The number of esters is 1.